The molecule has 0 radical (unpaired) electrons. The third kappa shape index (κ3) is 34.7. The van der Waals surface area contributed by atoms with E-state index in [2.05, 4.69) is 19.2 Å². The van der Waals surface area contributed by atoms with Gasteiger partial charge in [-0.25, -0.2) is 0 Å². The van der Waals surface area contributed by atoms with Crippen LogP contribution in [0.15, 0.2) is 0 Å². The Labute approximate surface area is 307 Å². The normalized spacial score (nSPS) is 12.5. The van der Waals surface area contributed by atoms with Crippen LogP contribution in [0.5, 0.6) is 0 Å². The summed E-state index contributed by atoms with van der Waals surface area (Å²) in [6, 6.07) is -0.733. The van der Waals surface area contributed by atoms with E-state index >= 15 is 0 Å². The SMILES string of the molecule is CCCCCCCCCCCCCCCC(=O)OCC(COCCNC(CCN)C(=O)O)OC(=O)CCCCCCCCCCCCCCC. The molecule has 0 aromatic rings. The first-order chi connectivity index (χ1) is 24.4. The van der Waals surface area contributed by atoms with Gasteiger partial charge < -0.3 is 30.4 Å². The number of hydrogen-bond acceptors (Lipinski definition) is 8. The number of carbonyl (C=O) groups is 3. The molecule has 0 saturated carbocycles. The number of hydrogen-bond donors (Lipinski definition) is 3. The predicted molar refractivity (Wildman–Crippen MR) is 205 cm³/mol. The Morgan fingerprint density at radius 2 is 0.980 bits per heavy atom. The lowest BCUT2D eigenvalue weighted by atomic mass is 10.0. The van der Waals surface area contributed by atoms with E-state index in [1.807, 2.05) is 0 Å². The Morgan fingerprint density at radius 3 is 1.38 bits per heavy atom. The van der Waals surface area contributed by atoms with Gasteiger partial charge in [-0.3, -0.25) is 14.4 Å². The van der Waals surface area contributed by atoms with Gasteiger partial charge in [0.05, 0.1) is 13.2 Å². The minimum atomic E-state index is -0.953. The van der Waals surface area contributed by atoms with Crippen molar-refractivity contribution in [1.29, 1.82) is 0 Å². The van der Waals surface area contributed by atoms with E-state index in [0.29, 0.717) is 25.8 Å². The van der Waals surface area contributed by atoms with Crippen molar-refractivity contribution in [3.8, 4) is 0 Å². The highest BCUT2D eigenvalue weighted by molar-refractivity contribution is 5.73. The van der Waals surface area contributed by atoms with E-state index in [4.69, 9.17) is 19.9 Å². The monoisotopic (exact) mass is 713 g/mol. The summed E-state index contributed by atoms with van der Waals surface area (Å²) in [5.41, 5.74) is 5.50. The van der Waals surface area contributed by atoms with Crippen LogP contribution in [-0.4, -0.2) is 68.1 Å². The number of carboxylic acids is 1. The van der Waals surface area contributed by atoms with Gasteiger partial charge in [-0.15, -0.1) is 0 Å². The maximum absolute atomic E-state index is 12.6. The van der Waals surface area contributed by atoms with Crippen molar-refractivity contribution in [1.82, 2.24) is 5.32 Å². The van der Waals surface area contributed by atoms with Crippen molar-refractivity contribution >= 4 is 17.9 Å². The highest BCUT2D eigenvalue weighted by atomic mass is 16.6. The molecule has 0 heterocycles. The lowest BCUT2D eigenvalue weighted by Gasteiger charge is -2.19. The van der Waals surface area contributed by atoms with Crippen molar-refractivity contribution in [2.24, 2.45) is 5.73 Å². The Bertz CT molecular complexity index is 767. The van der Waals surface area contributed by atoms with E-state index in [0.717, 1.165) is 38.5 Å². The molecule has 2 unspecified atom stereocenters. The number of nitrogens with one attached hydrogen (secondary N) is 1. The van der Waals surface area contributed by atoms with E-state index in [9.17, 15) is 19.5 Å². The summed E-state index contributed by atoms with van der Waals surface area (Å²) in [5.74, 6) is -1.54. The average Bonchev–Trinajstić information content (AvgIpc) is 3.10. The van der Waals surface area contributed by atoms with Crippen LogP contribution in [0.3, 0.4) is 0 Å². The average molecular weight is 713 g/mol. The van der Waals surface area contributed by atoms with Crippen molar-refractivity contribution in [3.63, 3.8) is 0 Å². The first-order valence-electron chi connectivity index (χ1n) is 21.0. The minimum Gasteiger partial charge on any atom is -0.480 e. The number of unbranched alkanes of at least 4 members (excludes halogenated alkanes) is 24. The first-order valence-corrected chi connectivity index (χ1v) is 21.0. The molecule has 50 heavy (non-hydrogen) atoms. The second-order valence-electron chi connectivity index (χ2n) is 14.3. The van der Waals surface area contributed by atoms with Gasteiger partial charge in [0, 0.05) is 19.4 Å². The van der Waals surface area contributed by atoms with E-state index in [1.54, 1.807) is 0 Å². The molecule has 4 N–H and O–H groups in total. The maximum atomic E-state index is 12.6. The summed E-state index contributed by atoms with van der Waals surface area (Å²) in [6.45, 7) is 5.36. The van der Waals surface area contributed by atoms with Crippen LogP contribution in [0.25, 0.3) is 0 Å². The lowest BCUT2D eigenvalue weighted by Crippen LogP contribution is -2.40. The van der Waals surface area contributed by atoms with Gasteiger partial charge in [0.2, 0.25) is 0 Å². The molecule has 2 atom stereocenters. The Kier molecular flexibility index (Phi) is 37.2. The molecule has 0 aromatic heterocycles. The van der Waals surface area contributed by atoms with Crippen LogP contribution in [0.4, 0.5) is 0 Å². The topological polar surface area (TPSA) is 137 Å². The molecule has 0 spiro atoms. The van der Waals surface area contributed by atoms with Gasteiger partial charge in [-0.05, 0) is 25.8 Å². The zero-order valence-electron chi connectivity index (χ0n) is 32.7. The Balaban J connectivity index is 4.26. The standard InChI is InChI=1S/C41H80N2O7/c1-3-5-7-9-11-13-15-17-19-21-23-25-27-29-39(44)49-36-37(35-48-34-33-43-38(31-32-42)41(46)47)50-40(45)30-28-26-24-22-20-18-16-14-12-10-8-6-4-2/h37-38,43H,3-36,42H2,1-2H3,(H,46,47). The number of aliphatic carboxylic acids is 1. The van der Waals surface area contributed by atoms with Crippen molar-refractivity contribution < 1.29 is 33.7 Å². The summed E-state index contributed by atoms with van der Waals surface area (Å²) < 4.78 is 16.8. The fourth-order valence-corrected chi connectivity index (χ4v) is 6.19. The molecule has 9 nitrogen and oxygen atoms in total. The number of carboxylic acid groups (broad SMARTS) is 1. The molecule has 0 fully saturated rings. The molecule has 0 amide bonds. The summed E-state index contributed by atoms with van der Waals surface area (Å²) in [7, 11) is 0. The third-order valence-corrected chi connectivity index (χ3v) is 9.39. The van der Waals surface area contributed by atoms with Crippen LogP contribution >= 0.6 is 0 Å². The molecule has 0 aliphatic heterocycles. The summed E-state index contributed by atoms with van der Waals surface area (Å²) >= 11 is 0. The Hall–Kier alpha value is -1.71. The minimum absolute atomic E-state index is 0.0417. The van der Waals surface area contributed by atoms with E-state index in [1.165, 1.54) is 128 Å². The zero-order chi connectivity index (χ0) is 36.8. The smallest absolute Gasteiger partial charge is 0.320 e. The fraction of sp³-hybridized carbons (Fsp3) is 0.927. The molecule has 0 bridgehead atoms. The van der Waals surface area contributed by atoms with Crippen LogP contribution in [0.2, 0.25) is 0 Å². The third-order valence-electron chi connectivity index (χ3n) is 9.39. The van der Waals surface area contributed by atoms with Crippen LogP contribution < -0.4 is 11.1 Å². The predicted octanol–water partition coefficient (Wildman–Crippen LogP) is 9.81. The van der Waals surface area contributed by atoms with Crippen molar-refractivity contribution in [3.05, 3.63) is 0 Å². The zero-order valence-corrected chi connectivity index (χ0v) is 32.7. The number of esters is 2. The second kappa shape index (κ2) is 38.5. The second-order valence-corrected chi connectivity index (χ2v) is 14.3. The summed E-state index contributed by atoms with van der Waals surface area (Å²) in [6.07, 6.45) is 32.7. The largest absolute Gasteiger partial charge is 0.480 e. The van der Waals surface area contributed by atoms with Crippen LogP contribution in [0, 0.1) is 0 Å². The Morgan fingerprint density at radius 1 is 0.580 bits per heavy atom. The summed E-state index contributed by atoms with van der Waals surface area (Å²) in [5, 5.41) is 12.2. The van der Waals surface area contributed by atoms with E-state index < -0.39 is 18.1 Å². The van der Waals surface area contributed by atoms with Gasteiger partial charge in [-0.1, -0.05) is 168 Å². The van der Waals surface area contributed by atoms with Gasteiger partial charge in [0.1, 0.15) is 12.6 Å². The molecule has 0 aliphatic rings. The lowest BCUT2D eigenvalue weighted by molar-refractivity contribution is -0.162. The van der Waals surface area contributed by atoms with Gasteiger partial charge in [-0.2, -0.15) is 0 Å². The maximum Gasteiger partial charge on any atom is 0.320 e. The number of carbonyl (C=O) groups excluding carboxylic acids is 2. The molecular formula is C41H80N2O7. The fourth-order valence-electron chi connectivity index (χ4n) is 6.19. The molecule has 9 heteroatoms. The number of ether oxygens (including phenoxy) is 3. The van der Waals surface area contributed by atoms with Crippen LogP contribution in [0.1, 0.15) is 200 Å². The summed E-state index contributed by atoms with van der Waals surface area (Å²) in [4.78, 5) is 36.4. The van der Waals surface area contributed by atoms with Gasteiger partial charge in [0.15, 0.2) is 6.10 Å². The van der Waals surface area contributed by atoms with Crippen molar-refractivity contribution in [2.75, 3.05) is 32.9 Å². The highest BCUT2D eigenvalue weighted by Gasteiger charge is 2.19. The quantitative estimate of drug-likeness (QED) is 0.0419. The van der Waals surface area contributed by atoms with Crippen molar-refractivity contribution in [2.45, 2.75) is 212 Å². The number of nitrogens with two attached hydrogens (primary N) is 1. The highest BCUT2D eigenvalue weighted by Crippen LogP contribution is 2.15. The van der Waals surface area contributed by atoms with Gasteiger partial charge >= 0.3 is 17.9 Å². The number of rotatable bonds is 40. The molecule has 0 aliphatic carbocycles. The van der Waals surface area contributed by atoms with Gasteiger partial charge in [0.25, 0.3) is 0 Å². The molecule has 0 saturated heterocycles. The first kappa shape index (κ1) is 48.3. The molecular weight excluding hydrogens is 632 g/mol. The van der Waals surface area contributed by atoms with E-state index in [-0.39, 0.29) is 38.3 Å². The van der Waals surface area contributed by atoms with Crippen LogP contribution in [-0.2, 0) is 28.6 Å². The molecule has 0 aromatic carbocycles. The molecule has 296 valence electrons. The molecule has 0 rings (SSSR count).